The summed E-state index contributed by atoms with van der Waals surface area (Å²) in [6, 6.07) is 7.68. The van der Waals surface area contributed by atoms with Crippen molar-refractivity contribution in [2.24, 2.45) is 10.7 Å². The summed E-state index contributed by atoms with van der Waals surface area (Å²) in [5.41, 5.74) is 7.35. The number of carbonyl (C=O) groups excluding carboxylic acids is 1. The smallest absolute Gasteiger partial charge is 0.251 e. The summed E-state index contributed by atoms with van der Waals surface area (Å²) < 4.78 is 0. The van der Waals surface area contributed by atoms with Crippen LogP contribution < -0.4 is 11.1 Å². The number of benzene rings is 1. The van der Waals surface area contributed by atoms with Gasteiger partial charge >= 0.3 is 0 Å². The summed E-state index contributed by atoms with van der Waals surface area (Å²) in [5.74, 6) is 0.954. The monoisotopic (exact) mass is 291 g/mol. The minimum Gasteiger partial charge on any atom is -0.379 e. The molecule has 1 heterocycles. The summed E-state index contributed by atoms with van der Waals surface area (Å²) in [6.07, 6.45) is 1.90. The number of thioether (sulfide) groups is 1. The highest BCUT2D eigenvalue weighted by atomic mass is 32.2. The van der Waals surface area contributed by atoms with Crippen LogP contribution in [0.5, 0.6) is 0 Å². The molecule has 5 heteroatoms. The molecule has 20 heavy (non-hydrogen) atoms. The average Bonchev–Trinajstić information content (AvgIpc) is 2.44. The Morgan fingerprint density at radius 2 is 2.15 bits per heavy atom. The van der Waals surface area contributed by atoms with Crippen LogP contribution in [0.15, 0.2) is 29.3 Å². The fourth-order valence-corrected chi connectivity index (χ4v) is 3.19. The number of aliphatic imine (C=N–C) groups is 1. The molecule has 0 saturated carbocycles. The summed E-state index contributed by atoms with van der Waals surface area (Å²) >= 11 is 1.60. The number of amidine groups is 1. The van der Waals surface area contributed by atoms with Gasteiger partial charge in [-0.3, -0.25) is 9.79 Å². The first-order chi connectivity index (χ1) is 9.55. The van der Waals surface area contributed by atoms with Crippen molar-refractivity contribution in [2.75, 3.05) is 12.3 Å². The van der Waals surface area contributed by atoms with Crippen LogP contribution in [0.3, 0.4) is 0 Å². The normalized spacial score (nSPS) is 22.2. The second-order valence-corrected chi connectivity index (χ2v) is 6.27. The van der Waals surface area contributed by atoms with E-state index in [1.54, 1.807) is 11.8 Å². The van der Waals surface area contributed by atoms with E-state index in [9.17, 15) is 4.79 Å². The van der Waals surface area contributed by atoms with Crippen LogP contribution >= 0.6 is 11.8 Å². The van der Waals surface area contributed by atoms with Crippen LogP contribution in [0.2, 0.25) is 0 Å². The van der Waals surface area contributed by atoms with Crippen molar-refractivity contribution < 1.29 is 4.79 Å². The quantitative estimate of drug-likeness (QED) is 0.895. The predicted molar refractivity (Wildman–Crippen MR) is 85.1 cm³/mol. The highest BCUT2D eigenvalue weighted by Gasteiger charge is 2.29. The second-order valence-electron chi connectivity index (χ2n) is 5.16. The minimum absolute atomic E-state index is 0.0224. The van der Waals surface area contributed by atoms with Gasteiger partial charge in [0, 0.05) is 17.9 Å². The number of hydrogen-bond donors (Lipinski definition) is 2. The molecule has 0 fully saturated rings. The molecule has 0 aliphatic carbocycles. The third kappa shape index (κ3) is 3.33. The van der Waals surface area contributed by atoms with Gasteiger partial charge in [-0.2, -0.15) is 0 Å². The molecule has 1 amide bonds. The second kappa shape index (κ2) is 6.31. The van der Waals surface area contributed by atoms with E-state index in [2.05, 4.69) is 17.2 Å². The largest absolute Gasteiger partial charge is 0.379 e. The molecule has 108 valence electrons. The van der Waals surface area contributed by atoms with Gasteiger partial charge in [0.2, 0.25) is 0 Å². The van der Waals surface area contributed by atoms with E-state index in [1.165, 1.54) is 0 Å². The van der Waals surface area contributed by atoms with E-state index in [0.717, 1.165) is 24.2 Å². The summed E-state index contributed by atoms with van der Waals surface area (Å²) in [6.45, 7) is 4.83. The van der Waals surface area contributed by atoms with Crippen molar-refractivity contribution in [1.29, 1.82) is 0 Å². The topological polar surface area (TPSA) is 67.5 Å². The predicted octanol–water partition coefficient (Wildman–Crippen LogP) is 2.49. The van der Waals surface area contributed by atoms with Gasteiger partial charge in [0.15, 0.2) is 5.17 Å². The van der Waals surface area contributed by atoms with Gasteiger partial charge in [0.1, 0.15) is 0 Å². The molecule has 1 aliphatic heterocycles. The van der Waals surface area contributed by atoms with Crippen molar-refractivity contribution >= 4 is 22.8 Å². The lowest BCUT2D eigenvalue weighted by atomic mass is 9.89. The van der Waals surface area contributed by atoms with Crippen molar-refractivity contribution in [3.63, 3.8) is 0 Å². The van der Waals surface area contributed by atoms with E-state index < -0.39 is 0 Å². The first-order valence-corrected chi connectivity index (χ1v) is 7.90. The fraction of sp³-hybridized carbons (Fsp3) is 0.467. The molecule has 0 bridgehead atoms. The van der Waals surface area contributed by atoms with Gasteiger partial charge in [-0.05, 0) is 37.5 Å². The first-order valence-electron chi connectivity index (χ1n) is 6.92. The summed E-state index contributed by atoms with van der Waals surface area (Å²) in [4.78, 5) is 16.4. The summed E-state index contributed by atoms with van der Waals surface area (Å²) in [5, 5.41) is 3.52. The molecule has 0 aromatic heterocycles. The molecule has 3 N–H and O–H groups in total. The van der Waals surface area contributed by atoms with Gasteiger partial charge in [-0.15, -0.1) is 0 Å². The number of nitrogens with one attached hydrogen (secondary N) is 1. The van der Waals surface area contributed by atoms with Crippen LogP contribution in [0.4, 0.5) is 0 Å². The van der Waals surface area contributed by atoms with Gasteiger partial charge < -0.3 is 11.1 Å². The van der Waals surface area contributed by atoms with Crippen molar-refractivity contribution in [3.8, 4) is 0 Å². The van der Waals surface area contributed by atoms with Gasteiger partial charge in [0.05, 0.1) is 5.54 Å². The zero-order valence-corrected chi connectivity index (χ0v) is 12.8. The number of carbonyl (C=O) groups is 1. The zero-order chi connectivity index (χ0) is 14.6. The molecule has 1 aromatic carbocycles. The van der Waals surface area contributed by atoms with Gasteiger partial charge in [-0.1, -0.05) is 30.8 Å². The lowest BCUT2D eigenvalue weighted by molar-refractivity contribution is 0.0953. The fourth-order valence-electron chi connectivity index (χ4n) is 2.22. The van der Waals surface area contributed by atoms with E-state index in [0.29, 0.717) is 17.3 Å². The first kappa shape index (κ1) is 14.9. The van der Waals surface area contributed by atoms with Crippen molar-refractivity contribution in [3.05, 3.63) is 35.4 Å². The molecular formula is C15H21N3OS. The van der Waals surface area contributed by atoms with E-state index in [4.69, 9.17) is 5.73 Å². The highest BCUT2D eigenvalue weighted by Crippen LogP contribution is 2.34. The molecule has 1 aromatic rings. The third-order valence-electron chi connectivity index (χ3n) is 3.50. The average molecular weight is 291 g/mol. The number of rotatable bonds is 4. The van der Waals surface area contributed by atoms with Crippen LogP contribution in [0, 0.1) is 0 Å². The lowest BCUT2D eigenvalue weighted by Gasteiger charge is -2.29. The molecule has 4 nitrogen and oxygen atoms in total. The zero-order valence-electron chi connectivity index (χ0n) is 12.0. The Hall–Kier alpha value is -1.49. The Morgan fingerprint density at radius 3 is 2.75 bits per heavy atom. The minimum atomic E-state index is -0.270. The summed E-state index contributed by atoms with van der Waals surface area (Å²) in [7, 11) is 0. The third-order valence-corrected chi connectivity index (χ3v) is 4.30. The Bertz CT molecular complexity index is 512. The van der Waals surface area contributed by atoms with E-state index in [-0.39, 0.29) is 11.4 Å². The molecule has 0 radical (unpaired) electrons. The van der Waals surface area contributed by atoms with Crippen molar-refractivity contribution in [2.45, 2.75) is 32.2 Å². The Balaban J connectivity index is 2.16. The maximum Gasteiger partial charge on any atom is 0.251 e. The number of amides is 1. The van der Waals surface area contributed by atoms with Crippen LogP contribution in [0.1, 0.15) is 42.6 Å². The van der Waals surface area contributed by atoms with Crippen LogP contribution in [-0.4, -0.2) is 23.4 Å². The Kier molecular flexibility index (Phi) is 4.70. The SMILES string of the molecule is CCCNC(=O)c1ccc(C2(C)CCSC(N)=N2)cc1. The van der Waals surface area contributed by atoms with Gasteiger partial charge in [0.25, 0.3) is 5.91 Å². The maximum atomic E-state index is 11.9. The van der Waals surface area contributed by atoms with Gasteiger partial charge in [-0.25, -0.2) is 0 Å². The Labute approximate surface area is 124 Å². The van der Waals surface area contributed by atoms with E-state index in [1.807, 2.05) is 31.2 Å². The molecular weight excluding hydrogens is 270 g/mol. The maximum absolute atomic E-state index is 11.9. The van der Waals surface area contributed by atoms with Crippen LogP contribution in [-0.2, 0) is 5.54 Å². The van der Waals surface area contributed by atoms with Crippen molar-refractivity contribution in [1.82, 2.24) is 5.32 Å². The molecule has 0 spiro atoms. The molecule has 1 aliphatic rings. The molecule has 1 unspecified atom stereocenters. The van der Waals surface area contributed by atoms with Crippen LogP contribution in [0.25, 0.3) is 0 Å². The number of hydrogen-bond acceptors (Lipinski definition) is 4. The molecule has 1 atom stereocenters. The number of nitrogens with zero attached hydrogens (tertiary/aromatic N) is 1. The molecule has 2 rings (SSSR count). The highest BCUT2D eigenvalue weighted by molar-refractivity contribution is 8.13. The lowest BCUT2D eigenvalue weighted by Crippen LogP contribution is -2.29. The van der Waals surface area contributed by atoms with E-state index >= 15 is 0 Å². The number of nitrogens with two attached hydrogens (primary N) is 1. The molecule has 0 saturated heterocycles. The Morgan fingerprint density at radius 1 is 1.45 bits per heavy atom. The standard InChI is InChI=1S/C15H21N3OS/c1-3-9-17-13(19)11-4-6-12(7-5-11)15(2)8-10-20-14(16)18-15/h4-7H,3,8-10H2,1-2H3,(H2,16,18)(H,17,19).